The lowest BCUT2D eigenvalue weighted by Gasteiger charge is -2.33. The highest BCUT2D eigenvalue weighted by molar-refractivity contribution is 7.90. The normalized spacial score (nSPS) is 17.8. The van der Waals surface area contributed by atoms with Crippen molar-refractivity contribution >= 4 is 32.1 Å². The lowest BCUT2D eigenvalue weighted by molar-refractivity contribution is -0.140. The number of sulfone groups is 1. The van der Waals surface area contributed by atoms with Crippen molar-refractivity contribution in [2.45, 2.75) is 55.4 Å². The molecule has 2 N–H and O–H groups in total. The minimum atomic E-state index is -4.45. The molecule has 1 aliphatic rings. The van der Waals surface area contributed by atoms with Crippen molar-refractivity contribution in [1.82, 2.24) is 9.47 Å². The summed E-state index contributed by atoms with van der Waals surface area (Å²) in [5.41, 5.74) is 1.71. The molecule has 2 aromatic carbocycles. The molecule has 1 saturated carbocycles. The van der Waals surface area contributed by atoms with Crippen LogP contribution in [0, 0.1) is 11.8 Å². The number of anilines is 2. The first kappa shape index (κ1) is 30.5. The number of hydrogen-bond donors (Lipinski definition) is 2. The predicted octanol–water partition coefficient (Wildman–Crippen LogP) is 5.66. The summed E-state index contributed by atoms with van der Waals surface area (Å²) in [6.45, 7) is -2.36. The summed E-state index contributed by atoms with van der Waals surface area (Å²) < 4.78 is 83.3. The number of ether oxygens (including phenoxy) is 1. The third kappa shape index (κ3) is 7.86. The number of alkyl halides is 4. The third-order valence-electron chi connectivity index (χ3n) is 7.24. The summed E-state index contributed by atoms with van der Waals surface area (Å²) in [5, 5.41) is 7.13. The van der Waals surface area contributed by atoms with E-state index < -0.39 is 29.4 Å². The number of nitrogens with one attached hydrogen (secondary N) is 2. The van der Waals surface area contributed by atoms with Gasteiger partial charge in [0.15, 0.2) is 9.84 Å². The smallest absolute Gasteiger partial charge is 0.406 e. The van der Waals surface area contributed by atoms with Gasteiger partial charge >= 0.3 is 6.18 Å². The number of benzene rings is 2. The van der Waals surface area contributed by atoms with Crippen LogP contribution >= 0.6 is 0 Å². The van der Waals surface area contributed by atoms with E-state index in [4.69, 9.17) is 4.74 Å². The second kappa shape index (κ2) is 12.6. The van der Waals surface area contributed by atoms with Gasteiger partial charge in [-0.3, -0.25) is 0 Å². The number of hydrogen-bond acceptors (Lipinski definition) is 6. The van der Waals surface area contributed by atoms with Crippen molar-refractivity contribution in [2.24, 2.45) is 0 Å². The summed E-state index contributed by atoms with van der Waals surface area (Å²) in [5.74, 6) is 5.65. The molecule has 1 fully saturated rings. The Morgan fingerprint density at radius 1 is 1.07 bits per heavy atom. The zero-order valence-corrected chi connectivity index (χ0v) is 24.0. The summed E-state index contributed by atoms with van der Waals surface area (Å²) >= 11 is 0. The summed E-state index contributed by atoms with van der Waals surface area (Å²) in [4.78, 5) is 2.19. The Bertz CT molecular complexity index is 1530. The van der Waals surface area contributed by atoms with E-state index in [1.54, 1.807) is 18.2 Å². The molecule has 41 heavy (non-hydrogen) atoms. The first-order valence-electron chi connectivity index (χ1n) is 13.2. The second-order valence-corrected chi connectivity index (χ2v) is 12.4. The van der Waals surface area contributed by atoms with Crippen molar-refractivity contribution in [3.63, 3.8) is 0 Å². The van der Waals surface area contributed by atoms with Gasteiger partial charge < -0.3 is 24.8 Å². The monoisotopic (exact) mass is 594 g/mol. The molecule has 12 heteroatoms. The molecule has 222 valence electrons. The average molecular weight is 595 g/mol. The van der Waals surface area contributed by atoms with Crippen LogP contribution in [0.5, 0.6) is 5.75 Å². The van der Waals surface area contributed by atoms with Crippen LogP contribution in [0.25, 0.3) is 10.9 Å². The predicted molar refractivity (Wildman–Crippen MR) is 153 cm³/mol. The quantitative estimate of drug-likeness (QED) is 0.246. The van der Waals surface area contributed by atoms with E-state index in [0.29, 0.717) is 22.6 Å². The van der Waals surface area contributed by atoms with Crippen LogP contribution in [-0.2, 0) is 16.4 Å². The van der Waals surface area contributed by atoms with Gasteiger partial charge in [0.2, 0.25) is 6.86 Å². The number of rotatable bonds is 9. The SMILES string of the molecule is CN(C)[C@H]1CC[C@@H](Nc2cccc3c2cc(C#CCNc2ccc(S(C)(=O)=O)cc2OCF)n3CC(F)(F)F)CC1. The first-order chi connectivity index (χ1) is 19.4. The molecule has 0 aliphatic heterocycles. The fourth-order valence-corrected chi connectivity index (χ4v) is 5.79. The number of aromatic nitrogens is 1. The fourth-order valence-electron chi connectivity index (χ4n) is 5.15. The molecule has 0 unspecified atom stereocenters. The molecular weight excluding hydrogens is 560 g/mol. The molecule has 0 amide bonds. The van der Waals surface area contributed by atoms with Crippen molar-refractivity contribution < 1.29 is 30.7 Å². The molecule has 0 saturated heterocycles. The Labute approximate surface area is 237 Å². The van der Waals surface area contributed by atoms with Gasteiger partial charge in [-0.05, 0) is 76.0 Å². The van der Waals surface area contributed by atoms with Crippen molar-refractivity contribution in [2.75, 3.05) is 44.4 Å². The number of nitrogens with zero attached hydrogens (tertiary/aromatic N) is 2. The molecule has 0 atom stereocenters. The van der Waals surface area contributed by atoms with Crippen LogP contribution in [0.2, 0.25) is 0 Å². The van der Waals surface area contributed by atoms with Crippen LogP contribution in [0.4, 0.5) is 28.9 Å². The average Bonchev–Trinajstić information content (AvgIpc) is 3.24. The van der Waals surface area contributed by atoms with E-state index in [9.17, 15) is 26.0 Å². The van der Waals surface area contributed by atoms with Crippen LogP contribution in [0.1, 0.15) is 31.4 Å². The van der Waals surface area contributed by atoms with Crippen molar-refractivity contribution in [1.29, 1.82) is 0 Å². The Hall–Kier alpha value is -3.43. The van der Waals surface area contributed by atoms with E-state index in [1.165, 1.54) is 18.2 Å². The topological polar surface area (TPSA) is 75.6 Å². The Balaban J connectivity index is 1.57. The Morgan fingerprint density at radius 2 is 1.80 bits per heavy atom. The molecule has 0 spiro atoms. The maximum atomic E-state index is 13.6. The molecule has 0 bridgehead atoms. The number of halogens is 4. The largest absolute Gasteiger partial charge is 0.461 e. The molecule has 1 aliphatic carbocycles. The standard InChI is InChI=1S/C29H34F4N4O3S/c1-36(2)21-11-9-20(10-12-21)35-25-7-4-8-27-24(25)16-22(37(27)18-29(31,32)33)6-5-15-34-26-14-13-23(41(3,38)39)17-28(26)40-19-30/h4,7-8,13-14,16-17,20-21,34-35H,9-12,15,18-19H2,1-3H3/t20-,21+. The minimum Gasteiger partial charge on any atom is -0.461 e. The first-order valence-corrected chi connectivity index (χ1v) is 15.1. The maximum absolute atomic E-state index is 13.6. The molecule has 3 aromatic rings. The molecule has 4 rings (SSSR count). The lowest BCUT2D eigenvalue weighted by atomic mass is 9.90. The molecule has 1 aromatic heterocycles. The van der Waals surface area contributed by atoms with E-state index in [-0.39, 0.29) is 28.9 Å². The molecule has 0 radical (unpaired) electrons. The zero-order chi connectivity index (χ0) is 29.8. The van der Waals surface area contributed by atoms with E-state index in [0.717, 1.165) is 42.2 Å². The van der Waals surface area contributed by atoms with E-state index in [1.807, 2.05) is 6.07 Å². The van der Waals surface area contributed by atoms with Gasteiger partial charge in [0, 0.05) is 35.5 Å². The summed E-state index contributed by atoms with van der Waals surface area (Å²) in [6.07, 6.45) is 0.620. The van der Waals surface area contributed by atoms with Gasteiger partial charge in [0.25, 0.3) is 0 Å². The van der Waals surface area contributed by atoms with Crippen LogP contribution in [0.3, 0.4) is 0 Å². The fraction of sp³-hybridized carbons (Fsp3) is 0.448. The van der Waals surface area contributed by atoms with Crippen molar-refractivity contribution in [3.05, 3.63) is 48.2 Å². The highest BCUT2D eigenvalue weighted by Crippen LogP contribution is 2.33. The minimum absolute atomic E-state index is 0.00532. The lowest BCUT2D eigenvalue weighted by Crippen LogP contribution is -2.36. The Morgan fingerprint density at radius 3 is 2.44 bits per heavy atom. The van der Waals surface area contributed by atoms with E-state index in [2.05, 4.69) is 41.5 Å². The third-order valence-corrected chi connectivity index (χ3v) is 8.35. The Kier molecular flexibility index (Phi) is 9.39. The molecule has 1 heterocycles. The second-order valence-electron chi connectivity index (χ2n) is 10.4. The van der Waals surface area contributed by atoms with Crippen molar-refractivity contribution in [3.8, 4) is 17.6 Å². The number of fused-ring (bicyclic) bond motifs is 1. The summed E-state index contributed by atoms with van der Waals surface area (Å²) in [7, 11) is 0.618. The molecular formula is C29H34F4N4O3S. The molecule has 7 nitrogen and oxygen atoms in total. The van der Waals surface area contributed by atoms with Gasteiger partial charge in [-0.2, -0.15) is 13.2 Å². The van der Waals surface area contributed by atoms with Crippen LogP contribution in [0.15, 0.2) is 47.4 Å². The zero-order valence-electron chi connectivity index (χ0n) is 23.2. The van der Waals surface area contributed by atoms with Gasteiger partial charge in [-0.15, -0.1) is 0 Å². The maximum Gasteiger partial charge on any atom is 0.406 e. The highest BCUT2D eigenvalue weighted by atomic mass is 32.2. The van der Waals surface area contributed by atoms with Crippen LogP contribution < -0.4 is 15.4 Å². The summed E-state index contributed by atoms with van der Waals surface area (Å²) in [6, 6.07) is 11.7. The highest BCUT2D eigenvalue weighted by Gasteiger charge is 2.30. The van der Waals surface area contributed by atoms with Gasteiger partial charge in [0.05, 0.1) is 28.3 Å². The van der Waals surface area contributed by atoms with Gasteiger partial charge in [-0.1, -0.05) is 12.0 Å². The van der Waals surface area contributed by atoms with Crippen LogP contribution in [-0.4, -0.2) is 69.9 Å². The van der Waals surface area contributed by atoms with E-state index >= 15 is 0 Å². The van der Waals surface area contributed by atoms with Gasteiger partial charge in [-0.25, -0.2) is 12.8 Å². The van der Waals surface area contributed by atoms with Gasteiger partial charge in [0.1, 0.15) is 12.3 Å².